The van der Waals surface area contributed by atoms with Gasteiger partial charge in [-0.25, -0.2) is 0 Å². The zero-order valence-electron chi connectivity index (χ0n) is 18.8. The quantitative estimate of drug-likeness (QED) is 0.589. The van der Waals surface area contributed by atoms with E-state index >= 15 is 0 Å². The molecule has 1 aliphatic heterocycles. The molecule has 0 amide bonds. The first kappa shape index (κ1) is 19.8. The van der Waals surface area contributed by atoms with Crippen LogP contribution in [-0.2, 0) is 11.8 Å². The van der Waals surface area contributed by atoms with Crippen LogP contribution in [0.4, 0.5) is 11.6 Å². The molecule has 2 aliphatic carbocycles. The van der Waals surface area contributed by atoms with Crippen LogP contribution in [0.1, 0.15) is 44.6 Å². The van der Waals surface area contributed by atoms with E-state index in [1.165, 1.54) is 25.7 Å². The van der Waals surface area contributed by atoms with E-state index in [1.54, 1.807) is 7.11 Å². The summed E-state index contributed by atoms with van der Waals surface area (Å²) in [5, 5.41) is 12.5. The van der Waals surface area contributed by atoms with Crippen molar-refractivity contribution in [3.63, 3.8) is 0 Å². The molecule has 3 aromatic rings. The molecule has 9 nitrogen and oxygen atoms in total. The summed E-state index contributed by atoms with van der Waals surface area (Å²) in [6.07, 6.45) is 9.07. The van der Waals surface area contributed by atoms with Crippen molar-refractivity contribution >= 4 is 22.5 Å². The van der Waals surface area contributed by atoms with Crippen LogP contribution < -0.4 is 16.2 Å². The Bertz CT molecular complexity index is 1210. The Morgan fingerprint density at radius 2 is 2.00 bits per heavy atom. The second kappa shape index (κ2) is 7.37. The van der Waals surface area contributed by atoms with Gasteiger partial charge in [0, 0.05) is 44.6 Å². The lowest BCUT2D eigenvalue weighted by Crippen LogP contribution is -2.34. The zero-order valence-corrected chi connectivity index (χ0v) is 18.8. The SMILES string of the molecule is COC[C@H]1CCCN1c1cc(-c2cn(C(C3CC3)C3CC3)c(=O)c3c(N)n[nH]c23)nn1C. The number of nitrogens with one attached hydrogen (secondary N) is 1. The molecular formula is C23H31N7O2. The highest BCUT2D eigenvalue weighted by molar-refractivity contribution is 5.97. The van der Waals surface area contributed by atoms with Gasteiger partial charge < -0.3 is 19.9 Å². The van der Waals surface area contributed by atoms with Crippen LogP contribution in [0.25, 0.3) is 22.2 Å². The third-order valence-corrected chi connectivity index (χ3v) is 7.47. The second-order valence-electron chi connectivity index (χ2n) is 9.74. The molecule has 9 heteroatoms. The van der Waals surface area contributed by atoms with Gasteiger partial charge in [0.25, 0.3) is 5.56 Å². The highest BCUT2D eigenvalue weighted by Crippen LogP contribution is 2.52. The van der Waals surface area contributed by atoms with Crippen LogP contribution in [0.5, 0.6) is 0 Å². The van der Waals surface area contributed by atoms with Gasteiger partial charge in [-0.2, -0.15) is 10.2 Å². The Hall–Kier alpha value is -2.81. The van der Waals surface area contributed by atoms with Crippen molar-refractivity contribution in [2.24, 2.45) is 18.9 Å². The number of nitrogen functional groups attached to an aromatic ring is 1. The monoisotopic (exact) mass is 437 g/mol. The van der Waals surface area contributed by atoms with E-state index in [2.05, 4.69) is 21.2 Å². The molecule has 32 heavy (non-hydrogen) atoms. The number of hydrogen-bond donors (Lipinski definition) is 2. The van der Waals surface area contributed by atoms with Crippen LogP contribution in [-0.4, -0.2) is 50.8 Å². The van der Waals surface area contributed by atoms with Crippen LogP contribution in [0.3, 0.4) is 0 Å². The lowest BCUT2D eigenvalue weighted by molar-refractivity contribution is 0.180. The maximum atomic E-state index is 13.5. The number of aromatic nitrogens is 5. The van der Waals surface area contributed by atoms with Gasteiger partial charge >= 0.3 is 0 Å². The fraction of sp³-hybridized carbons (Fsp3) is 0.609. The number of ether oxygens (including phenoxy) is 1. The number of aromatic amines is 1. The van der Waals surface area contributed by atoms with E-state index in [9.17, 15) is 4.79 Å². The molecule has 3 aromatic heterocycles. The van der Waals surface area contributed by atoms with Crippen molar-refractivity contribution in [2.45, 2.75) is 50.6 Å². The summed E-state index contributed by atoms with van der Waals surface area (Å²) < 4.78 is 9.33. The Morgan fingerprint density at radius 3 is 2.69 bits per heavy atom. The molecule has 1 saturated heterocycles. The van der Waals surface area contributed by atoms with Gasteiger partial charge in [0.15, 0.2) is 5.82 Å². The van der Waals surface area contributed by atoms with Crippen LogP contribution in [0.15, 0.2) is 17.1 Å². The van der Waals surface area contributed by atoms with E-state index < -0.39 is 0 Å². The number of anilines is 2. The second-order valence-corrected chi connectivity index (χ2v) is 9.74. The number of H-pyrrole nitrogens is 1. The first-order valence-electron chi connectivity index (χ1n) is 11.8. The molecule has 3 N–H and O–H groups in total. The predicted octanol–water partition coefficient (Wildman–Crippen LogP) is 2.68. The molecule has 0 radical (unpaired) electrons. The van der Waals surface area contributed by atoms with Gasteiger partial charge in [0.2, 0.25) is 0 Å². The Kier molecular flexibility index (Phi) is 4.57. The molecule has 4 heterocycles. The number of pyridine rings is 1. The molecule has 0 aromatic carbocycles. The maximum Gasteiger partial charge on any atom is 0.264 e. The third-order valence-electron chi connectivity index (χ3n) is 7.47. The van der Waals surface area contributed by atoms with E-state index in [0.29, 0.717) is 35.4 Å². The summed E-state index contributed by atoms with van der Waals surface area (Å²) in [6.45, 7) is 1.70. The van der Waals surface area contributed by atoms with Crippen molar-refractivity contribution in [3.05, 3.63) is 22.6 Å². The molecule has 0 bridgehead atoms. The lowest BCUT2D eigenvalue weighted by Gasteiger charge is -2.25. The maximum absolute atomic E-state index is 13.5. The summed E-state index contributed by atoms with van der Waals surface area (Å²) in [7, 11) is 3.73. The Labute approximate surface area is 186 Å². The number of fused-ring (bicyclic) bond motifs is 1. The third kappa shape index (κ3) is 3.13. The standard InChI is InChI=1S/C23H31N7O2/c1-28-18(29-9-3-4-15(29)12-32-2)10-17(27-28)16-11-30(21(13-5-6-13)14-7-8-14)23(31)19-20(16)25-26-22(19)24/h10-11,13-15,21H,3-9,12H2,1-2H3,(H3,24,25,26)/t15-/m1/s1. The highest BCUT2D eigenvalue weighted by Gasteiger charge is 2.43. The van der Waals surface area contributed by atoms with E-state index in [4.69, 9.17) is 15.6 Å². The molecule has 3 fully saturated rings. The summed E-state index contributed by atoms with van der Waals surface area (Å²) in [5.74, 6) is 2.52. The molecule has 3 aliphatic rings. The molecule has 2 saturated carbocycles. The predicted molar refractivity (Wildman–Crippen MR) is 124 cm³/mol. The molecule has 170 valence electrons. The Morgan fingerprint density at radius 1 is 1.25 bits per heavy atom. The summed E-state index contributed by atoms with van der Waals surface area (Å²) in [6, 6.07) is 2.74. The molecule has 1 atom stereocenters. The molecular weight excluding hydrogens is 406 g/mol. The largest absolute Gasteiger partial charge is 0.383 e. The minimum absolute atomic E-state index is 0.0327. The molecule has 6 rings (SSSR count). The molecule has 0 unspecified atom stereocenters. The summed E-state index contributed by atoms with van der Waals surface area (Å²) in [5.41, 5.74) is 8.52. The average molecular weight is 438 g/mol. The van der Waals surface area contributed by atoms with Gasteiger partial charge in [0.1, 0.15) is 11.2 Å². The van der Waals surface area contributed by atoms with Crippen molar-refractivity contribution < 1.29 is 4.74 Å². The van der Waals surface area contributed by atoms with Crippen LogP contribution >= 0.6 is 0 Å². The number of hydrogen-bond acceptors (Lipinski definition) is 6. The number of aryl methyl sites for hydroxylation is 1. The van der Waals surface area contributed by atoms with Crippen LogP contribution in [0, 0.1) is 11.8 Å². The van der Waals surface area contributed by atoms with Gasteiger partial charge in [-0.05, 0) is 50.4 Å². The Balaban J connectivity index is 1.48. The minimum Gasteiger partial charge on any atom is -0.383 e. The lowest BCUT2D eigenvalue weighted by atomic mass is 10.0. The fourth-order valence-corrected chi connectivity index (χ4v) is 5.65. The first-order chi connectivity index (χ1) is 15.6. The van der Waals surface area contributed by atoms with Crippen molar-refractivity contribution in [1.29, 1.82) is 0 Å². The number of rotatable bonds is 7. The van der Waals surface area contributed by atoms with Crippen molar-refractivity contribution in [1.82, 2.24) is 24.5 Å². The average Bonchev–Trinajstić information content (AvgIpc) is 3.67. The number of methoxy groups -OCH3 is 1. The zero-order chi connectivity index (χ0) is 22.0. The van der Waals surface area contributed by atoms with Gasteiger partial charge in [-0.1, -0.05) is 0 Å². The van der Waals surface area contributed by atoms with E-state index in [0.717, 1.165) is 36.5 Å². The normalized spacial score (nSPS) is 21.3. The van der Waals surface area contributed by atoms with Crippen LogP contribution in [0.2, 0.25) is 0 Å². The fourth-order valence-electron chi connectivity index (χ4n) is 5.65. The first-order valence-corrected chi connectivity index (χ1v) is 11.8. The topological polar surface area (TPSA) is 107 Å². The smallest absolute Gasteiger partial charge is 0.264 e. The van der Waals surface area contributed by atoms with E-state index in [1.807, 2.05) is 22.5 Å². The highest BCUT2D eigenvalue weighted by atomic mass is 16.5. The number of nitrogens with two attached hydrogens (primary N) is 1. The summed E-state index contributed by atoms with van der Waals surface area (Å²) in [4.78, 5) is 15.9. The van der Waals surface area contributed by atoms with Crippen molar-refractivity contribution in [3.8, 4) is 11.3 Å². The summed E-state index contributed by atoms with van der Waals surface area (Å²) >= 11 is 0. The van der Waals surface area contributed by atoms with Gasteiger partial charge in [0.05, 0.1) is 23.9 Å². The van der Waals surface area contributed by atoms with Gasteiger partial charge in [-0.15, -0.1) is 0 Å². The van der Waals surface area contributed by atoms with Crippen molar-refractivity contribution in [2.75, 3.05) is 30.9 Å². The van der Waals surface area contributed by atoms with Gasteiger partial charge in [-0.3, -0.25) is 14.6 Å². The number of nitrogens with zero attached hydrogens (tertiary/aromatic N) is 5. The van der Waals surface area contributed by atoms with E-state index in [-0.39, 0.29) is 17.4 Å². The molecule has 0 spiro atoms. The minimum atomic E-state index is -0.0327.